The zero-order valence-electron chi connectivity index (χ0n) is 7.14. The Bertz CT molecular complexity index is 182. The molecule has 0 saturated heterocycles. The van der Waals surface area contributed by atoms with Crippen molar-refractivity contribution < 1.29 is 28.2 Å². The van der Waals surface area contributed by atoms with E-state index in [9.17, 15) is 18.0 Å². The topological polar surface area (TPSA) is 81.6 Å². The number of aliphatic hydroxyl groups excluding tert-OH is 2. The van der Waals surface area contributed by atoms with Crippen LogP contribution in [-0.4, -0.2) is 48.2 Å². The monoisotopic (exact) mass is 216 g/mol. The molecule has 5 nitrogen and oxygen atoms in total. The van der Waals surface area contributed by atoms with Crippen molar-refractivity contribution in [1.29, 1.82) is 0 Å². The Balaban J connectivity index is 3.75. The molecular formula is C6H11F3N2O3. The highest BCUT2D eigenvalue weighted by atomic mass is 19.4. The summed E-state index contributed by atoms with van der Waals surface area (Å²) in [6.45, 7) is -2.55. The molecule has 0 bridgehead atoms. The van der Waals surface area contributed by atoms with Gasteiger partial charge in [0, 0.05) is 0 Å². The lowest BCUT2D eigenvalue weighted by Crippen LogP contribution is -2.47. The van der Waals surface area contributed by atoms with Crippen molar-refractivity contribution in [2.75, 3.05) is 19.8 Å². The molecule has 8 heteroatoms. The van der Waals surface area contributed by atoms with E-state index in [1.807, 2.05) is 5.32 Å². The third-order valence-electron chi connectivity index (χ3n) is 1.23. The van der Waals surface area contributed by atoms with Gasteiger partial charge in [-0.2, -0.15) is 13.2 Å². The van der Waals surface area contributed by atoms with Gasteiger partial charge < -0.3 is 20.8 Å². The molecule has 4 N–H and O–H groups in total. The molecule has 84 valence electrons. The van der Waals surface area contributed by atoms with Crippen molar-refractivity contribution in [3.05, 3.63) is 0 Å². The van der Waals surface area contributed by atoms with Crippen LogP contribution < -0.4 is 10.6 Å². The Labute approximate surface area is 77.9 Å². The second-order valence-corrected chi connectivity index (χ2v) is 2.50. The first kappa shape index (κ1) is 13.0. The van der Waals surface area contributed by atoms with E-state index in [4.69, 9.17) is 10.2 Å². The van der Waals surface area contributed by atoms with E-state index in [1.54, 1.807) is 0 Å². The van der Waals surface area contributed by atoms with Crippen LogP contribution in [-0.2, 0) is 0 Å². The number of alkyl halides is 3. The Morgan fingerprint density at radius 2 is 1.79 bits per heavy atom. The number of hydrogen-bond donors (Lipinski definition) is 4. The molecule has 0 aromatic rings. The second-order valence-electron chi connectivity index (χ2n) is 2.50. The Morgan fingerprint density at radius 1 is 1.29 bits per heavy atom. The number of rotatable bonds is 4. The summed E-state index contributed by atoms with van der Waals surface area (Å²) >= 11 is 0. The molecule has 0 aliphatic carbocycles. The van der Waals surface area contributed by atoms with Gasteiger partial charge in [-0.1, -0.05) is 0 Å². The van der Waals surface area contributed by atoms with Crippen molar-refractivity contribution in [1.82, 2.24) is 10.6 Å². The van der Waals surface area contributed by atoms with Crippen LogP contribution in [0.4, 0.5) is 18.0 Å². The number of aliphatic hydroxyl groups is 2. The predicted octanol–water partition coefficient (Wildman–Crippen LogP) is -0.799. The normalized spacial score (nSPS) is 11.6. The zero-order valence-corrected chi connectivity index (χ0v) is 7.14. The number of urea groups is 1. The number of carbonyl (C=O) groups is 1. The maximum atomic E-state index is 11.6. The molecular weight excluding hydrogens is 205 g/mol. The van der Waals surface area contributed by atoms with E-state index in [-0.39, 0.29) is 0 Å². The van der Waals surface area contributed by atoms with Crippen LogP contribution in [0, 0.1) is 0 Å². The average molecular weight is 216 g/mol. The molecule has 0 aromatic heterocycles. The van der Waals surface area contributed by atoms with Crippen LogP contribution in [0.15, 0.2) is 0 Å². The van der Waals surface area contributed by atoms with Crippen molar-refractivity contribution in [2.24, 2.45) is 0 Å². The van der Waals surface area contributed by atoms with Crippen LogP contribution in [0.1, 0.15) is 0 Å². The molecule has 0 aliphatic rings. The molecule has 0 radical (unpaired) electrons. The third-order valence-corrected chi connectivity index (χ3v) is 1.23. The van der Waals surface area contributed by atoms with Crippen LogP contribution in [0.3, 0.4) is 0 Å². The van der Waals surface area contributed by atoms with E-state index in [1.165, 1.54) is 5.32 Å². The summed E-state index contributed by atoms with van der Waals surface area (Å²) in [7, 11) is 0. The second kappa shape index (κ2) is 5.66. The minimum absolute atomic E-state index is 0.546. The smallest absolute Gasteiger partial charge is 0.394 e. The summed E-state index contributed by atoms with van der Waals surface area (Å²) in [6.07, 6.45) is -4.48. The fraction of sp³-hybridized carbons (Fsp3) is 0.833. The molecule has 0 saturated carbocycles. The molecule has 0 heterocycles. The lowest BCUT2D eigenvalue weighted by Gasteiger charge is -2.14. The number of nitrogens with one attached hydrogen (secondary N) is 2. The van der Waals surface area contributed by atoms with Crippen molar-refractivity contribution in [2.45, 2.75) is 12.2 Å². The van der Waals surface area contributed by atoms with Gasteiger partial charge in [-0.05, 0) is 0 Å². The summed E-state index contributed by atoms with van der Waals surface area (Å²) in [5, 5.41) is 20.4. The van der Waals surface area contributed by atoms with E-state index in [0.29, 0.717) is 0 Å². The number of carbonyl (C=O) groups excluding carboxylic acids is 1. The Hall–Kier alpha value is -1.02. The molecule has 2 amide bonds. The molecule has 0 unspecified atom stereocenters. The fourth-order valence-electron chi connectivity index (χ4n) is 0.566. The summed E-state index contributed by atoms with van der Waals surface area (Å²) < 4.78 is 34.7. The van der Waals surface area contributed by atoms with Crippen molar-refractivity contribution in [3.8, 4) is 0 Å². The van der Waals surface area contributed by atoms with Gasteiger partial charge in [-0.3, -0.25) is 0 Å². The summed E-state index contributed by atoms with van der Waals surface area (Å²) in [6, 6.07) is -2.04. The van der Waals surface area contributed by atoms with Crippen LogP contribution in [0.2, 0.25) is 0 Å². The van der Waals surface area contributed by atoms with Gasteiger partial charge >= 0.3 is 12.2 Å². The molecule has 0 atom stereocenters. The zero-order chi connectivity index (χ0) is 11.2. The number of amides is 2. The van der Waals surface area contributed by atoms with Crippen LogP contribution in [0.25, 0.3) is 0 Å². The molecule has 0 aromatic carbocycles. The largest absolute Gasteiger partial charge is 0.405 e. The van der Waals surface area contributed by atoms with Gasteiger partial charge in [-0.15, -0.1) is 0 Å². The Kier molecular flexibility index (Phi) is 5.24. The number of hydrogen-bond acceptors (Lipinski definition) is 3. The van der Waals surface area contributed by atoms with Gasteiger partial charge in [0.05, 0.1) is 19.3 Å². The van der Waals surface area contributed by atoms with Gasteiger partial charge in [0.1, 0.15) is 6.54 Å². The van der Waals surface area contributed by atoms with Crippen molar-refractivity contribution >= 4 is 6.03 Å². The SMILES string of the molecule is O=C(NCC(F)(F)F)NC(CO)CO. The van der Waals surface area contributed by atoms with E-state index in [2.05, 4.69) is 0 Å². The average Bonchev–Trinajstić information content (AvgIpc) is 2.09. The van der Waals surface area contributed by atoms with Crippen LogP contribution in [0.5, 0.6) is 0 Å². The van der Waals surface area contributed by atoms with Gasteiger partial charge in [-0.25, -0.2) is 4.79 Å². The Morgan fingerprint density at radius 3 is 2.14 bits per heavy atom. The lowest BCUT2D eigenvalue weighted by atomic mass is 10.3. The quantitative estimate of drug-likeness (QED) is 0.496. The number of halogens is 3. The molecule has 0 rings (SSSR count). The van der Waals surface area contributed by atoms with E-state index in [0.717, 1.165) is 0 Å². The summed E-state index contributed by atoms with van der Waals surface area (Å²) in [5.41, 5.74) is 0. The van der Waals surface area contributed by atoms with E-state index >= 15 is 0 Å². The minimum atomic E-state index is -4.48. The maximum Gasteiger partial charge on any atom is 0.405 e. The fourth-order valence-corrected chi connectivity index (χ4v) is 0.566. The maximum absolute atomic E-state index is 11.6. The first-order valence-electron chi connectivity index (χ1n) is 3.72. The highest BCUT2D eigenvalue weighted by molar-refractivity contribution is 5.74. The lowest BCUT2D eigenvalue weighted by molar-refractivity contribution is -0.122. The summed E-state index contributed by atoms with van der Waals surface area (Å²) in [5.74, 6) is 0. The van der Waals surface area contributed by atoms with Gasteiger partial charge in [0.2, 0.25) is 0 Å². The van der Waals surface area contributed by atoms with Crippen LogP contribution >= 0.6 is 0 Å². The van der Waals surface area contributed by atoms with Crippen molar-refractivity contribution in [3.63, 3.8) is 0 Å². The molecule has 0 aliphatic heterocycles. The predicted molar refractivity (Wildman–Crippen MR) is 40.5 cm³/mol. The first-order valence-corrected chi connectivity index (χ1v) is 3.72. The highest BCUT2D eigenvalue weighted by Gasteiger charge is 2.27. The molecule has 0 fully saturated rings. The standard InChI is InChI=1S/C6H11F3N2O3/c7-6(8,9)3-10-5(14)11-4(1-12)2-13/h4,12-13H,1-3H2,(H2,10,11,14). The van der Waals surface area contributed by atoms with Gasteiger partial charge in [0.25, 0.3) is 0 Å². The third kappa shape index (κ3) is 6.49. The highest BCUT2D eigenvalue weighted by Crippen LogP contribution is 2.11. The summed E-state index contributed by atoms with van der Waals surface area (Å²) in [4.78, 5) is 10.7. The first-order chi connectivity index (χ1) is 6.39. The molecule has 14 heavy (non-hydrogen) atoms. The van der Waals surface area contributed by atoms with Gasteiger partial charge in [0.15, 0.2) is 0 Å². The van der Waals surface area contributed by atoms with E-state index < -0.39 is 38.0 Å². The molecule has 0 spiro atoms. The minimum Gasteiger partial charge on any atom is -0.394 e.